The Morgan fingerprint density at radius 3 is 2.59 bits per heavy atom. The quantitative estimate of drug-likeness (QED) is 0.595. The number of nitrogens with one attached hydrogen (secondary N) is 1. The molecule has 1 aromatic carbocycles. The molecular formula is C25H26FN5O. The summed E-state index contributed by atoms with van der Waals surface area (Å²) in [5, 5.41) is 3.21. The Kier molecular flexibility index (Phi) is 5.79. The van der Waals surface area contributed by atoms with Gasteiger partial charge >= 0.3 is 0 Å². The number of carbonyl (C=O) groups is 1. The van der Waals surface area contributed by atoms with E-state index in [-0.39, 0.29) is 23.7 Å². The van der Waals surface area contributed by atoms with Crippen LogP contribution in [0, 0.1) is 11.7 Å². The number of hydrogen-bond acceptors (Lipinski definition) is 5. The van der Waals surface area contributed by atoms with Crippen molar-refractivity contribution in [1.82, 2.24) is 19.9 Å². The summed E-state index contributed by atoms with van der Waals surface area (Å²) >= 11 is 0. The maximum absolute atomic E-state index is 13.7. The Morgan fingerprint density at radius 2 is 1.81 bits per heavy atom. The largest absolute Gasteiger partial charge is 0.340 e. The number of amides is 1. The lowest BCUT2D eigenvalue weighted by Crippen LogP contribution is -2.35. The third kappa shape index (κ3) is 4.33. The van der Waals surface area contributed by atoms with Crippen LogP contribution in [-0.2, 0) is 4.79 Å². The summed E-state index contributed by atoms with van der Waals surface area (Å²) in [5.74, 6) is 1.25. The minimum absolute atomic E-state index is 0.129. The van der Waals surface area contributed by atoms with Crippen LogP contribution in [0.1, 0.15) is 50.4 Å². The van der Waals surface area contributed by atoms with Gasteiger partial charge in [-0.1, -0.05) is 18.9 Å². The number of pyridine rings is 1. The SMILES string of the molecule is O=C(C1CCCC1)N1CCCC1c1nc(Nc2cccc(F)c2)cc(-c2ccncc2)n1. The highest BCUT2D eigenvalue weighted by Crippen LogP contribution is 2.36. The molecule has 1 aliphatic heterocycles. The molecule has 1 aliphatic carbocycles. The molecule has 0 spiro atoms. The molecule has 7 heteroatoms. The summed E-state index contributed by atoms with van der Waals surface area (Å²) in [4.78, 5) is 28.9. The van der Waals surface area contributed by atoms with E-state index in [1.54, 1.807) is 24.5 Å². The Balaban J connectivity index is 1.51. The van der Waals surface area contributed by atoms with Gasteiger partial charge in [-0.3, -0.25) is 9.78 Å². The molecule has 2 fully saturated rings. The normalized spacial score (nSPS) is 18.8. The number of anilines is 2. The van der Waals surface area contributed by atoms with Gasteiger partial charge in [-0.05, 0) is 56.0 Å². The van der Waals surface area contributed by atoms with E-state index in [4.69, 9.17) is 9.97 Å². The molecule has 2 aliphatic rings. The summed E-state index contributed by atoms with van der Waals surface area (Å²) in [7, 11) is 0. The zero-order valence-electron chi connectivity index (χ0n) is 17.9. The molecule has 0 bridgehead atoms. The van der Waals surface area contributed by atoms with Crippen LogP contribution >= 0.6 is 0 Å². The first kappa shape index (κ1) is 20.5. The highest BCUT2D eigenvalue weighted by atomic mass is 19.1. The Labute approximate surface area is 186 Å². The van der Waals surface area contributed by atoms with Crippen molar-refractivity contribution in [3.05, 3.63) is 66.5 Å². The lowest BCUT2D eigenvalue weighted by atomic mass is 10.1. The van der Waals surface area contributed by atoms with Gasteiger partial charge in [-0.15, -0.1) is 0 Å². The monoisotopic (exact) mass is 431 g/mol. The smallest absolute Gasteiger partial charge is 0.226 e. The van der Waals surface area contributed by atoms with Crippen LogP contribution in [0.2, 0.25) is 0 Å². The van der Waals surface area contributed by atoms with Crippen molar-refractivity contribution in [2.24, 2.45) is 5.92 Å². The molecule has 3 aromatic rings. The number of rotatable bonds is 5. The number of halogens is 1. The highest BCUT2D eigenvalue weighted by molar-refractivity contribution is 5.80. The predicted molar refractivity (Wildman–Crippen MR) is 121 cm³/mol. The van der Waals surface area contributed by atoms with Crippen molar-refractivity contribution in [1.29, 1.82) is 0 Å². The first-order valence-corrected chi connectivity index (χ1v) is 11.3. The summed E-state index contributed by atoms with van der Waals surface area (Å²) in [6, 6.07) is 11.8. The molecule has 1 unspecified atom stereocenters. The molecule has 0 radical (unpaired) electrons. The fourth-order valence-corrected chi connectivity index (χ4v) is 4.77. The van der Waals surface area contributed by atoms with Gasteiger partial charge in [-0.25, -0.2) is 14.4 Å². The van der Waals surface area contributed by atoms with E-state index in [0.29, 0.717) is 17.3 Å². The number of nitrogens with zero attached hydrogens (tertiary/aromatic N) is 4. The second-order valence-electron chi connectivity index (χ2n) is 8.54. The maximum atomic E-state index is 13.7. The molecular weight excluding hydrogens is 405 g/mol. The minimum Gasteiger partial charge on any atom is -0.340 e. The number of hydrogen-bond donors (Lipinski definition) is 1. The Bertz CT molecular complexity index is 1100. The van der Waals surface area contributed by atoms with Gasteiger partial charge in [0.05, 0.1) is 11.7 Å². The minimum atomic E-state index is -0.317. The van der Waals surface area contributed by atoms with E-state index in [1.807, 2.05) is 23.1 Å². The van der Waals surface area contributed by atoms with E-state index in [0.717, 1.165) is 56.3 Å². The van der Waals surface area contributed by atoms with E-state index in [2.05, 4.69) is 10.3 Å². The van der Waals surface area contributed by atoms with Crippen molar-refractivity contribution >= 4 is 17.4 Å². The molecule has 1 amide bonds. The van der Waals surface area contributed by atoms with Gasteiger partial charge in [-0.2, -0.15) is 0 Å². The molecule has 1 N–H and O–H groups in total. The first-order valence-electron chi connectivity index (χ1n) is 11.3. The molecule has 164 valence electrons. The highest BCUT2D eigenvalue weighted by Gasteiger charge is 2.36. The van der Waals surface area contributed by atoms with Crippen molar-refractivity contribution in [3.63, 3.8) is 0 Å². The van der Waals surface area contributed by atoms with Gasteiger partial charge in [0.25, 0.3) is 0 Å². The standard InChI is InChI=1S/C25H26FN5O/c26-19-7-3-8-20(15-19)28-23-16-21(17-10-12-27-13-11-17)29-24(30-23)22-9-4-14-31(22)25(32)18-5-1-2-6-18/h3,7-8,10-13,15-16,18,22H,1-2,4-6,9,14H2,(H,28,29,30). The van der Waals surface area contributed by atoms with E-state index in [9.17, 15) is 9.18 Å². The number of benzene rings is 1. The third-order valence-corrected chi connectivity index (χ3v) is 6.35. The summed E-state index contributed by atoms with van der Waals surface area (Å²) in [6.07, 6.45) is 9.45. The third-order valence-electron chi connectivity index (χ3n) is 6.35. The van der Waals surface area contributed by atoms with E-state index in [1.165, 1.54) is 12.1 Å². The van der Waals surface area contributed by atoms with Gasteiger partial charge in [0.15, 0.2) is 5.82 Å². The lowest BCUT2D eigenvalue weighted by molar-refractivity contribution is -0.136. The maximum Gasteiger partial charge on any atom is 0.226 e. The van der Waals surface area contributed by atoms with E-state index >= 15 is 0 Å². The zero-order valence-corrected chi connectivity index (χ0v) is 17.9. The van der Waals surface area contributed by atoms with Crippen LogP contribution in [0.3, 0.4) is 0 Å². The average Bonchev–Trinajstić information content (AvgIpc) is 3.52. The number of carbonyl (C=O) groups excluding carboxylic acids is 1. The van der Waals surface area contributed by atoms with Gasteiger partial charge in [0.1, 0.15) is 11.6 Å². The second kappa shape index (κ2) is 9.02. The molecule has 6 nitrogen and oxygen atoms in total. The second-order valence-corrected chi connectivity index (χ2v) is 8.54. The molecule has 2 aromatic heterocycles. The van der Waals surface area contributed by atoms with Gasteiger partial charge in [0, 0.05) is 42.2 Å². The van der Waals surface area contributed by atoms with E-state index < -0.39 is 0 Å². The summed E-state index contributed by atoms with van der Waals surface area (Å²) in [5.41, 5.74) is 2.27. The van der Waals surface area contributed by atoms with Crippen molar-refractivity contribution in [2.75, 3.05) is 11.9 Å². The van der Waals surface area contributed by atoms with Crippen molar-refractivity contribution < 1.29 is 9.18 Å². The molecule has 5 rings (SSSR count). The first-order chi connectivity index (χ1) is 15.7. The number of aromatic nitrogens is 3. The van der Waals surface area contributed by atoms with Crippen LogP contribution in [0.5, 0.6) is 0 Å². The number of likely N-dealkylation sites (tertiary alicyclic amines) is 1. The summed E-state index contributed by atoms with van der Waals surface area (Å²) in [6.45, 7) is 0.746. The predicted octanol–water partition coefficient (Wildman–Crippen LogP) is 5.28. The van der Waals surface area contributed by atoms with Crippen LogP contribution in [-0.4, -0.2) is 32.3 Å². The zero-order chi connectivity index (χ0) is 21.9. The van der Waals surface area contributed by atoms with Crippen LogP contribution in [0.25, 0.3) is 11.3 Å². The van der Waals surface area contributed by atoms with Crippen LogP contribution in [0.15, 0.2) is 54.9 Å². The topological polar surface area (TPSA) is 71.0 Å². The fourth-order valence-electron chi connectivity index (χ4n) is 4.77. The average molecular weight is 432 g/mol. The fraction of sp³-hybridized carbons (Fsp3) is 0.360. The van der Waals surface area contributed by atoms with Gasteiger partial charge < -0.3 is 10.2 Å². The molecule has 3 heterocycles. The molecule has 32 heavy (non-hydrogen) atoms. The van der Waals surface area contributed by atoms with Gasteiger partial charge in [0.2, 0.25) is 5.91 Å². The summed E-state index contributed by atoms with van der Waals surface area (Å²) < 4.78 is 13.7. The molecule has 1 saturated heterocycles. The molecule has 1 atom stereocenters. The molecule has 1 saturated carbocycles. The van der Waals surface area contributed by atoms with Crippen LogP contribution < -0.4 is 5.32 Å². The Hall–Kier alpha value is -3.35. The van der Waals surface area contributed by atoms with Crippen LogP contribution in [0.4, 0.5) is 15.9 Å². The van der Waals surface area contributed by atoms with Crippen molar-refractivity contribution in [2.45, 2.75) is 44.6 Å². The Morgan fingerprint density at radius 1 is 1.00 bits per heavy atom. The lowest BCUT2D eigenvalue weighted by Gasteiger charge is -2.27. The van der Waals surface area contributed by atoms with Crippen molar-refractivity contribution in [3.8, 4) is 11.3 Å².